The molecule has 1 nitrogen and oxygen atoms in total. The Bertz CT molecular complexity index is 345. The van der Waals surface area contributed by atoms with Crippen LogP contribution in [-0.2, 0) is 6.42 Å². The number of unbranched alkanes of at least 4 members (excludes halogenated alkanes) is 2. The second kappa shape index (κ2) is 6.20. The Kier molecular flexibility index (Phi) is 4.61. The second-order valence-corrected chi connectivity index (χ2v) is 5.19. The molecule has 0 radical (unpaired) electrons. The average Bonchev–Trinajstić information content (AvgIpc) is 2.69. The van der Waals surface area contributed by atoms with Crippen LogP contribution in [0.1, 0.15) is 56.7 Å². The van der Waals surface area contributed by atoms with Crippen molar-refractivity contribution >= 4 is 0 Å². The monoisotopic (exact) mass is 231 g/mol. The van der Waals surface area contributed by atoms with Crippen molar-refractivity contribution in [3.63, 3.8) is 0 Å². The Labute approximate surface area is 106 Å². The molecule has 0 bridgehead atoms. The maximum absolute atomic E-state index is 3.68. The number of hydrogen-bond acceptors (Lipinski definition) is 1. The molecule has 0 heterocycles. The van der Waals surface area contributed by atoms with Crippen LogP contribution < -0.4 is 5.32 Å². The topological polar surface area (TPSA) is 12.0 Å². The van der Waals surface area contributed by atoms with Crippen LogP contribution in [0, 0.1) is 5.92 Å². The third kappa shape index (κ3) is 2.90. The summed E-state index contributed by atoms with van der Waals surface area (Å²) in [5, 5.41) is 3.68. The SMILES string of the molecule is CCCCCC1Cc2ccccc2C1NCC. The van der Waals surface area contributed by atoms with Crippen molar-refractivity contribution in [2.75, 3.05) is 6.54 Å². The fourth-order valence-corrected chi connectivity index (χ4v) is 3.10. The zero-order valence-electron chi connectivity index (χ0n) is 11.2. The Balaban J connectivity index is 2.04. The molecule has 2 rings (SSSR count). The number of nitrogens with one attached hydrogen (secondary N) is 1. The molecule has 0 fully saturated rings. The number of fused-ring (bicyclic) bond motifs is 1. The minimum Gasteiger partial charge on any atom is -0.310 e. The van der Waals surface area contributed by atoms with Gasteiger partial charge in [-0.15, -0.1) is 0 Å². The lowest BCUT2D eigenvalue weighted by molar-refractivity contribution is 0.361. The summed E-state index contributed by atoms with van der Waals surface area (Å²) in [5.74, 6) is 0.818. The minimum absolute atomic E-state index is 0.605. The average molecular weight is 231 g/mol. The molecule has 0 aromatic heterocycles. The first-order valence-electron chi connectivity index (χ1n) is 7.18. The molecule has 94 valence electrons. The fourth-order valence-electron chi connectivity index (χ4n) is 3.10. The zero-order valence-corrected chi connectivity index (χ0v) is 11.2. The van der Waals surface area contributed by atoms with Crippen molar-refractivity contribution in [3.8, 4) is 0 Å². The molecular weight excluding hydrogens is 206 g/mol. The second-order valence-electron chi connectivity index (χ2n) is 5.19. The molecule has 1 aliphatic carbocycles. The van der Waals surface area contributed by atoms with E-state index in [0.717, 1.165) is 12.5 Å². The maximum Gasteiger partial charge on any atom is 0.0354 e. The lowest BCUT2D eigenvalue weighted by Gasteiger charge is -2.21. The first-order chi connectivity index (χ1) is 8.36. The van der Waals surface area contributed by atoms with Crippen LogP contribution in [0.15, 0.2) is 24.3 Å². The molecular formula is C16H25N. The van der Waals surface area contributed by atoms with Crippen molar-refractivity contribution in [2.24, 2.45) is 5.92 Å². The summed E-state index contributed by atoms with van der Waals surface area (Å²) < 4.78 is 0. The third-order valence-corrected chi connectivity index (χ3v) is 3.95. The van der Waals surface area contributed by atoms with Gasteiger partial charge >= 0.3 is 0 Å². The third-order valence-electron chi connectivity index (χ3n) is 3.95. The number of hydrogen-bond donors (Lipinski definition) is 1. The largest absolute Gasteiger partial charge is 0.310 e. The van der Waals surface area contributed by atoms with Gasteiger partial charge in [-0.2, -0.15) is 0 Å². The van der Waals surface area contributed by atoms with E-state index in [-0.39, 0.29) is 0 Å². The van der Waals surface area contributed by atoms with E-state index >= 15 is 0 Å². The first-order valence-corrected chi connectivity index (χ1v) is 7.18. The van der Waals surface area contributed by atoms with Gasteiger partial charge in [0.2, 0.25) is 0 Å². The highest BCUT2D eigenvalue weighted by Gasteiger charge is 2.30. The lowest BCUT2D eigenvalue weighted by Crippen LogP contribution is -2.25. The minimum atomic E-state index is 0.605. The van der Waals surface area contributed by atoms with Crippen molar-refractivity contribution in [1.29, 1.82) is 0 Å². The molecule has 1 heteroatoms. The van der Waals surface area contributed by atoms with Crippen molar-refractivity contribution < 1.29 is 0 Å². The van der Waals surface area contributed by atoms with E-state index < -0.39 is 0 Å². The van der Waals surface area contributed by atoms with E-state index in [4.69, 9.17) is 0 Å². The van der Waals surface area contributed by atoms with Gasteiger partial charge in [0, 0.05) is 6.04 Å². The predicted octanol–water partition coefficient (Wildman–Crippen LogP) is 4.09. The molecule has 0 aliphatic heterocycles. The molecule has 1 aromatic rings. The standard InChI is InChI=1S/C16H25N/c1-3-5-6-10-14-12-13-9-7-8-11-15(13)16(14)17-4-2/h7-9,11,14,16-17H,3-6,10,12H2,1-2H3. The summed E-state index contributed by atoms with van der Waals surface area (Å²) in [6.07, 6.45) is 6.74. The van der Waals surface area contributed by atoms with Crippen LogP contribution in [0.4, 0.5) is 0 Å². The fraction of sp³-hybridized carbons (Fsp3) is 0.625. The molecule has 0 amide bonds. The number of rotatable bonds is 6. The van der Waals surface area contributed by atoms with Crippen LogP contribution >= 0.6 is 0 Å². The normalized spacial score (nSPS) is 22.7. The summed E-state index contributed by atoms with van der Waals surface area (Å²) in [6.45, 7) is 5.57. The van der Waals surface area contributed by atoms with Crippen molar-refractivity contribution in [2.45, 2.75) is 52.0 Å². The summed E-state index contributed by atoms with van der Waals surface area (Å²) in [4.78, 5) is 0. The van der Waals surface area contributed by atoms with E-state index in [1.807, 2.05) is 0 Å². The molecule has 1 aromatic carbocycles. The quantitative estimate of drug-likeness (QED) is 0.727. The summed E-state index contributed by atoms with van der Waals surface area (Å²) in [6, 6.07) is 9.57. The molecule has 1 N–H and O–H groups in total. The van der Waals surface area contributed by atoms with E-state index in [2.05, 4.69) is 43.4 Å². The Morgan fingerprint density at radius 1 is 1.18 bits per heavy atom. The van der Waals surface area contributed by atoms with Crippen LogP contribution in [0.5, 0.6) is 0 Å². The maximum atomic E-state index is 3.68. The van der Waals surface area contributed by atoms with Gasteiger partial charge < -0.3 is 5.32 Å². The van der Waals surface area contributed by atoms with E-state index in [1.165, 1.54) is 32.1 Å². The van der Waals surface area contributed by atoms with E-state index in [1.54, 1.807) is 11.1 Å². The summed E-state index contributed by atoms with van der Waals surface area (Å²) in [7, 11) is 0. The molecule has 2 unspecified atom stereocenters. The van der Waals surface area contributed by atoms with Crippen LogP contribution in [0.2, 0.25) is 0 Å². The Morgan fingerprint density at radius 3 is 2.76 bits per heavy atom. The Hall–Kier alpha value is -0.820. The molecule has 1 aliphatic rings. The molecule has 0 spiro atoms. The highest BCUT2D eigenvalue weighted by Crippen LogP contribution is 2.38. The Morgan fingerprint density at radius 2 is 2.00 bits per heavy atom. The van der Waals surface area contributed by atoms with E-state index in [9.17, 15) is 0 Å². The van der Waals surface area contributed by atoms with Crippen LogP contribution in [-0.4, -0.2) is 6.54 Å². The highest BCUT2D eigenvalue weighted by molar-refractivity contribution is 5.35. The first kappa shape index (κ1) is 12.6. The van der Waals surface area contributed by atoms with Gasteiger partial charge in [-0.1, -0.05) is 57.4 Å². The molecule has 0 saturated heterocycles. The van der Waals surface area contributed by atoms with E-state index in [0.29, 0.717) is 6.04 Å². The van der Waals surface area contributed by atoms with Crippen LogP contribution in [0.25, 0.3) is 0 Å². The summed E-state index contributed by atoms with van der Waals surface area (Å²) in [5.41, 5.74) is 3.12. The van der Waals surface area contributed by atoms with Crippen LogP contribution in [0.3, 0.4) is 0 Å². The predicted molar refractivity (Wildman–Crippen MR) is 74.2 cm³/mol. The van der Waals surface area contributed by atoms with Gasteiger partial charge in [-0.05, 0) is 36.4 Å². The van der Waals surface area contributed by atoms with Crippen molar-refractivity contribution in [1.82, 2.24) is 5.32 Å². The van der Waals surface area contributed by atoms with Gasteiger partial charge in [0.25, 0.3) is 0 Å². The molecule has 17 heavy (non-hydrogen) atoms. The van der Waals surface area contributed by atoms with Gasteiger partial charge in [0.05, 0.1) is 0 Å². The van der Waals surface area contributed by atoms with Crippen molar-refractivity contribution in [3.05, 3.63) is 35.4 Å². The smallest absolute Gasteiger partial charge is 0.0354 e. The zero-order chi connectivity index (χ0) is 12.1. The molecule has 2 atom stereocenters. The van der Waals surface area contributed by atoms with Gasteiger partial charge in [0.1, 0.15) is 0 Å². The highest BCUT2D eigenvalue weighted by atomic mass is 14.9. The van der Waals surface area contributed by atoms with Gasteiger partial charge in [-0.3, -0.25) is 0 Å². The van der Waals surface area contributed by atoms with Gasteiger partial charge in [-0.25, -0.2) is 0 Å². The number of benzene rings is 1. The lowest BCUT2D eigenvalue weighted by atomic mass is 9.94. The molecule has 0 saturated carbocycles. The summed E-state index contributed by atoms with van der Waals surface area (Å²) >= 11 is 0. The van der Waals surface area contributed by atoms with Gasteiger partial charge in [0.15, 0.2) is 0 Å².